The second kappa shape index (κ2) is 9.53. The van der Waals surface area contributed by atoms with Crippen molar-refractivity contribution in [1.29, 1.82) is 0 Å². The molecule has 2 heterocycles. The fourth-order valence-corrected chi connectivity index (χ4v) is 5.04. The van der Waals surface area contributed by atoms with Crippen LogP contribution < -0.4 is 10.1 Å². The van der Waals surface area contributed by atoms with Crippen LogP contribution in [0.3, 0.4) is 0 Å². The van der Waals surface area contributed by atoms with Crippen LogP contribution in [0.5, 0.6) is 5.75 Å². The maximum Gasteiger partial charge on any atom is 0.254 e. The first-order valence-electron chi connectivity index (χ1n) is 11.8. The van der Waals surface area contributed by atoms with Gasteiger partial charge in [-0.2, -0.15) is 0 Å². The maximum absolute atomic E-state index is 13.7. The molecule has 2 atom stereocenters. The van der Waals surface area contributed by atoms with Crippen molar-refractivity contribution in [3.05, 3.63) is 65.2 Å². The van der Waals surface area contributed by atoms with Gasteiger partial charge in [-0.3, -0.25) is 14.5 Å². The summed E-state index contributed by atoms with van der Waals surface area (Å²) in [5, 5.41) is 3.17. The Bertz CT molecular complexity index is 1020. The van der Waals surface area contributed by atoms with Crippen molar-refractivity contribution in [3.8, 4) is 5.75 Å². The van der Waals surface area contributed by atoms with Crippen molar-refractivity contribution < 1.29 is 19.1 Å². The molecule has 1 saturated carbocycles. The van der Waals surface area contributed by atoms with E-state index in [1.165, 1.54) is 0 Å². The second-order valence-corrected chi connectivity index (χ2v) is 8.98. The lowest BCUT2D eigenvalue weighted by Gasteiger charge is -2.42. The number of benzene rings is 2. The number of hydrogen-bond donors (Lipinski definition) is 1. The minimum Gasteiger partial charge on any atom is -0.497 e. The molecule has 1 saturated heterocycles. The Labute approximate surface area is 194 Å². The molecule has 174 valence electrons. The van der Waals surface area contributed by atoms with E-state index in [1.807, 2.05) is 53.4 Å². The molecule has 0 bridgehead atoms. The van der Waals surface area contributed by atoms with E-state index in [0.29, 0.717) is 12.1 Å². The number of carbonyl (C=O) groups is 2. The number of rotatable bonds is 7. The topological polar surface area (TPSA) is 71.1 Å². The number of nitrogens with one attached hydrogen (secondary N) is 1. The number of morpholine rings is 1. The Morgan fingerprint density at radius 3 is 2.67 bits per heavy atom. The summed E-state index contributed by atoms with van der Waals surface area (Å²) in [6.45, 7) is 4.61. The molecule has 1 aliphatic carbocycles. The predicted octanol–water partition coefficient (Wildman–Crippen LogP) is 2.59. The zero-order chi connectivity index (χ0) is 22.8. The molecule has 3 aliphatic rings. The van der Waals surface area contributed by atoms with E-state index in [9.17, 15) is 9.59 Å². The molecule has 5 rings (SSSR count). The third-order valence-electron chi connectivity index (χ3n) is 6.87. The van der Waals surface area contributed by atoms with Gasteiger partial charge in [0.15, 0.2) is 0 Å². The Kier molecular flexibility index (Phi) is 6.33. The van der Waals surface area contributed by atoms with Crippen molar-refractivity contribution in [1.82, 2.24) is 15.1 Å². The van der Waals surface area contributed by atoms with Crippen molar-refractivity contribution in [2.45, 2.75) is 30.8 Å². The predicted molar refractivity (Wildman–Crippen MR) is 124 cm³/mol. The van der Waals surface area contributed by atoms with Crippen LogP contribution in [0.2, 0.25) is 0 Å². The number of nitrogens with zero attached hydrogens (tertiary/aromatic N) is 2. The molecule has 1 N–H and O–H groups in total. The van der Waals surface area contributed by atoms with Crippen LogP contribution in [0.1, 0.15) is 46.3 Å². The van der Waals surface area contributed by atoms with Gasteiger partial charge in [-0.15, -0.1) is 0 Å². The SMILES string of the molecule is COc1cccc([C@@H]2[C@H](C(=O)NCCN3CCOCC3)c3ccccc3C(=O)N2C2CC2)c1. The Morgan fingerprint density at radius 1 is 1.12 bits per heavy atom. The third-order valence-corrected chi connectivity index (χ3v) is 6.87. The molecule has 33 heavy (non-hydrogen) atoms. The van der Waals surface area contributed by atoms with Crippen LogP contribution in [0.15, 0.2) is 48.5 Å². The first-order valence-corrected chi connectivity index (χ1v) is 11.8. The van der Waals surface area contributed by atoms with E-state index in [2.05, 4.69) is 10.2 Å². The molecular weight excluding hydrogens is 418 g/mol. The number of methoxy groups -OCH3 is 1. The van der Waals surface area contributed by atoms with Crippen molar-refractivity contribution in [2.24, 2.45) is 0 Å². The lowest BCUT2D eigenvalue weighted by molar-refractivity contribution is -0.124. The highest BCUT2D eigenvalue weighted by molar-refractivity contribution is 6.01. The minimum absolute atomic E-state index is 0.0123. The maximum atomic E-state index is 13.7. The van der Waals surface area contributed by atoms with Gasteiger partial charge in [0, 0.05) is 37.8 Å². The lowest BCUT2D eigenvalue weighted by Crippen LogP contribution is -2.49. The summed E-state index contributed by atoms with van der Waals surface area (Å²) in [6, 6.07) is 15.1. The number of fused-ring (bicyclic) bond motifs is 1. The zero-order valence-electron chi connectivity index (χ0n) is 19.0. The van der Waals surface area contributed by atoms with Gasteiger partial charge in [0.2, 0.25) is 5.91 Å². The van der Waals surface area contributed by atoms with Gasteiger partial charge in [0.25, 0.3) is 5.91 Å². The summed E-state index contributed by atoms with van der Waals surface area (Å²) in [6.07, 6.45) is 1.94. The Balaban J connectivity index is 1.47. The zero-order valence-corrected chi connectivity index (χ0v) is 19.0. The van der Waals surface area contributed by atoms with Gasteiger partial charge >= 0.3 is 0 Å². The summed E-state index contributed by atoms with van der Waals surface area (Å²) in [7, 11) is 1.63. The van der Waals surface area contributed by atoms with Gasteiger partial charge in [0.05, 0.1) is 32.3 Å². The molecule has 2 aliphatic heterocycles. The minimum atomic E-state index is -0.476. The van der Waals surface area contributed by atoms with E-state index in [-0.39, 0.29) is 23.9 Å². The van der Waals surface area contributed by atoms with E-state index < -0.39 is 5.92 Å². The number of amides is 2. The highest BCUT2D eigenvalue weighted by Crippen LogP contribution is 2.48. The third kappa shape index (κ3) is 4.48. The quantitative estimate of drug-likeness (QED) is 0.704. The smallest absolute Gasteiger partial charge is 0.254 e. The molecule has 0 radical (unpaired) electrons. The van der Waals surface area contributed by atoms with Crippen LogP contribution in [-0.2, 0) is 9.53 Å². The van der Waals surface area contributed by atoms with Crippen LogP contribution in [0, 0.1) is 0 Å². The van der Waals surface area contributed by atoms with Gasteiger partial charge in [0.1, 0.15) is 5.75 Å². The average Bonchev–Trinajstić information content (AvgIpc) is 3.70. The summed E-state index contributed by atoms with van der Waals surface area (Å²) >= 11 is 0. The van der Waals surface area contributed by atoms with E-state index in [0.717, 1.165) is 62.6 Å². The monoisotopic (exact) mass is 449 g/mol. The number of carbonyl (C=O) groups excluding carboxylic acids is 2. The van der Waals surface area contributed by atoms with Crippen LogP contribution >= 0.6 is 0 Å². The highest BCUT2D eigenvalue weighted by atomic mass is 16.5. The molecule has 2 amide bonds. The molecule has 0 unspecified atom stereocenters. The molecule has 7 heteroatoms. The van der Waals surface area contributed by atoms with E-state index in [1.54, 1.807) is 7.11 Å². The highest BCUT2D eigenvalue weighted by Gasteiger charge is 2.49. The van der Waals surface area contributed by atoms with Gasteiger partial charge < -0.3 is 19.7 Å². The summed E-state index contributed by atoms with van der Waals surface area (Å²) in [4.78, 5) is 31.5. The van der Waals surface area contributed by atoms with Crippen molar-refractivity contribution in [3.63, 3.8) is 0 Å². The molecule has 2 aromatic rings. The average molecular weight is 450 g/mol. The lowest BCUT2D eigenvalue weighted by atomic mass is 9.79. The largest absolute Gasteiger partial charge is 0.497 e. The van der Waals surface area contributed by atoms with E-state index in [4.69, 9.17) is 9.47 Å². The molecule has 2 fully saturated rings. The van der Waals surface area contributed by atoms with Crippen molar-refractivity contribution in [2.75, 3.05) is 46.5 Å². The number of ether oxygens (including phenoxy) is 2. The first-order chi connectivity index (χ1) is 16.2. The summed E-state index contributed by atoms with van der Waals surface area (Å²) < 4.78 is 10.9. The van der Waals surface area contributed by atoms with Gasteiger partial charge in [-0.1, -0.05) is 30.3 Å². The molecule has 0 aromatic heterocycles. The standard InChI is InChI=1S/C26H31N3O4/c1-32-20-6-4-5-18(17-20)24-23(25(30)27-11-12-28-13-15-33-16-14-28)21-7-2-3-8-22(21)26(31)29(24)19-9-10-19/h2-8,17,19,23-24H,9-16H2,1H3,(H,27,30)/t23-,24-/m1/s1. The fraction of sp³-hybridized carbons (Fsp3) is 0.462. The van der Waals surface area contributed by atoms with Crippen LogP contribution in [-0.4, -0.2) is 74.2 Å². The Morgan fingerprint density at radius 2 is 1.91 bits per heavy atom. The second-order valence-electron chi connectivity index (χ2n) is 8.98. The normalized spacial score (nSPS) is 23.2. The molecular formula is C26H31N3O4. The van der Waals surface area contributed by atoms with Crippen molar-refractivity contribution >= 4 is 11.8 Å². The molecule has 2 aromatic carbocycles. The number of hydrogen-bond acceptors (Lipinski definition) is 5. The summed E-state index contributed by atoms with van der Waals surface area (Å²) in [5.41, 5.74) is 2.37. The Hall–Kier alpha value is -2.90. The summed E-state index contributed by atoms with van der Waals surface area (Å²) in [5.74, 6) is 0.220. The van der Waals surface area contributed by atoms with Crippen LogP contribution in [0.4, 0.5) is 0 Å². The van der Waals surface area contributed by atoms with Gasteiger partial charge in [-0.25, -0.2) is 0 Å². The fourth-order valence-electron chi connectivity index (χ4n) is 5.04. The first kappa shape index (κ1) is 21.9. The van der Waals surface area contributed by atoms with E-state index >= 15 is 0 Å². The molecule has 7 nitrogen and oxygen atoms in total. The van der Waals surface area contributed by atoms with Crippen LogP contribution in [0.25, 0.3) is 0 Å². The van der Waals surface area contributed by atoms with Gasteiger partial charge in [-0.05, 0) is 42.2 Å². The molecule has 0 spiro atoms.